The van der Waals surface area contributed by atoms with Crippen LogP contribution in [0.2, 0.25) is 0 Å². The number of ether oxygens (including phenoxy) is 2. The molecule has 1 aromatic heterocycles. The molecule has 0 radical (unpaired) electrons. The van der Waals surface area contributed by atoms with E-state index in [-0.39, 0.29) is 24.0 Å². The fourth-order valence-electron chi connectivity index (χ4n) is 3.69. The van der Waals surface area contributed by atoms with E-state index in [1.54, 1.807) is 6.07 Å². The van der Waals surface area contributed by atoms with Gasteiger partial charge in [-0.05, 0) is 42.0 Å². The van der Waals surface area contributed by atoms with Crippen LogP contribution in [-0.2, 0) is 16.0 Å². The van der Waals surface area contributed by atoms with Gasteiger partial charge in [-0.15, -0.1) is 11.3 Å². The third kappa shape index (κ3) is 4.43. The van der Waals surface area contributed by atoms with Crippen LogP contribution in [0.25, 0.3) is 0 Å². The zero-order valence-electron chi connectivity index (χ0n) is 15.6. The fourth-order valence-corrected chi connectivity index (χ4v) is 4.33. The lowest BCUT2D eigenvalue weighted by atomic mass is 9.96. The normalized spacial score (nSPS) is 20.3. The molecule has 148 valence electrons. The second kappa shape index (κ2) is 8.86. The van der Waals surface area contributed by atoms with E-state index in [0.717, 1.165) is 24.9 Å². The number of rotatable bonds is 5. The van der Waals surface area contributed by atoms with E-state index in [0.29, 0.717) is 36.7 Å². The first kappa shape index (κ1) is 19.1. The third-order valence-corrected chi connectivity index (χ3v) is 6.05. The first-order chi connectivity index (χ1) is 13.7. The van der Waals surface area contributed by atoms with Gasteiger partial charge in [-0.25, -0.2) is 0 Å². The van der Waals surface area contributed by atoms with Crippen molar-refractivity contribution >= 4 is 23.2 Å². The highest BCUT2D eigenvalue weighted by molar-refractivity contribution is 7.12. The molecule has 0 saturated carbocycles. The highest BCUT2D eigenvalue weighted by atomic mass is 32.1. The van der Waals surface area contributed by atoms with Crippen molar-refractivity contribution in [3.8, 4) is 0 Å². The minimum atomic E-state index is -0.176. The number of amides is 2. The third-order valence-electron chi connectivity index (χ3n) is 5.18. The van der Waals surface area contributed by atoms with Gasteiger partial charge < -0.3 is 19.7 Å². The summed E-state index contributed by atoms with van der Waals surface area (Å²) in [6.45, 7) is 3.15. The second-order valence-electron chi connectivity index (χ2n) is 7.12. The lowest BCUT2D eigenvalue weighted by molar-refractivity contribution is -0.0969. The average Bonchev–Trinajstić information content (AvgIpc) is 3.46. The number of likely N-dealkylation sites (tertiary alicyclic amines) is 1. The summed E-state index contributed by atoms with van der Waals surface area (Å²) in [4.78, 5) is 27.5. The molecule has 1 atom stereocenters. The Labute approximate surface area is 168 Å². The zero-order valence-corrected chi connectivity index (χ0v) is 16.5. The molecule has 2 aliphatic heterocycles. The molecule has 0 aliphatic carbocycles. The fraction of sp³-hybridized carbons (Fsp3) is 0.429. The van der Waals surface area contributed by atoms with Gasteiger partial charge in [0.25, 0.3) is 11.8 Å². The van der Waals surface area contributed by atoms with Crippen molar-refractivity contribution in [2.24, 2.45) is 5.92 Å². The van der Waals surface area contributed by atoms with Gasteiger partial charge in [0.05, 0.1) is 18.1 Å². The van der Waals surface area contributed by atoms with Crippen molar-refractivity contribution in [1.29, 1.82) is 0 Å². The summed E-state index contributed by atoms with van der Waals surface area (Å²) in [5.41, 5.74) is 1.63. The maximum Gasteiger partial charge on any atom is 0.261 e. The molecular formula is C21H24N2O4S. The Kier molecular flexibility index (Phi) is 6.04. The minimum absolute atomic E-state index is 0.0388. The molecule has 4 rings (SSSR count). The Bertz CT molecular complexity index is 800. The number of carbonyl (C=O) groups excluding carboxylic acids is 2. The van der Waals surface area contributed by atoms with Gasteiger partial charge in [0, 0.05) is 31.1 Å². The molecule has 2 aromatic rings. The number of piperidine rings is 1. The van der Waals surface area contributed by atoms with Crippen molar-refractivity contribution in [2.45, 2.75) is 25.7 Å². The second-order valence-corrected chi connectivity index (χ2v) is 8.07. The Morgan fingerprint density at radius 3 is 2.64 bits per heavy atom. The smallest absolute Gasteiger partial charge is 0.261 e. The van der Waals surface area contributed by atoms with Crippen LogP contribution in [0.4, 0.5) is 0 Å². The average molecular weight is 401 g/mol. The molecule has 3 heterocycles. The van der Waals surface area contributed by atoms with E-state index >= 15 is 0 Å². The number of benzene rings is 1. The minimum Gasteiger partial charge on any atom is -0.350 e. The number of thiophene rings is 1. The highest BCUT2D eigenvalue weighted by Gasteiger charge is 2.33. The summed E-state index contributed by atoms with van der Waals surface area (Å²) in [7, 11) is 0. The monoisotopic (exact) mass is 400 g/mol. The Hall–Kier alpha value is -2.22. The molecule has 0 spiro atoms. The standard InChI is InChI=1S/C21H24N2O4S/c24-19(18-4-2-12-28-18)22-13-15-5-7-16(8-6-15)20(25)23-9-1-3-17(14-23)21-26-10-11-27-21/h2,4-8,12,17,21H,1,3,9-11,13-14H2,(H,22,24). The molecule has 6 nitrogen and oxygen atoms in total. The van der Waals surface area contributed by atoms with Gasteiger partial charge >= 0.3 is 0 Å². The van der Waals surface area contributed by atoms with Crippen LogP contribution in [0.1, 0.15) is 38.4 Å². The number of carbonyl (C=O) groups is 2. The summed E-state index contributed by atoms with van der Waals surface area (Å²) in [6.07, 6.45) is 1.81. The predicted molar refractivity (Wildman–Crippen MR) is 106 cm³/mol. The quantitative estimate of drug-likeness (QED) is 0.838. The van der Waals surface area contributed by atoms with Crippen molar-refractivity contribution in [3.63, 3.8) is 0 Å². The Morgan fingerprint density at radius 2 is 1.93 bits per heavy atom. The Morgan fingerprint density at radius 1 is 1.14 bits per heavy atom. The Balaban J connectivity index is 1.32. The van der Waals surface area contributed by atoms with E-state index in [9.17, 15) is 9.59 Å². The van der Waals surface area contributed by atoms with E-state index in [4.69, 9.17) is 9.47 Å². The van der Waals surface area contributed by atoms with Gasteiger partial charge in [-0.1, -0.05) is 18.2 Å². The molecule has 0 bridgehead atoms. The molecule has 1 aromatic carbocycles. The highest BCUT2D eigenvalue weighted by Crippen LogP contribution is 2.26. The number of nitrogens with zero attached hydrogens (tertiary/aromatic N) is 1. The summed E-state index contributed by atoms with van der Waals surface area (Å²) >= 11 is 1.42. The van der Waals surface area contributed by atoms with Crippen LogP contribution < -0.4 is 5.32 Å². The lowest BCUT2D eigenvalue weighted by Crippen LogP contribution is -2.43. The van der Waals surface area contributed by atoms with Crippen LogP contribution in [-0.4, -0.2) is 49.3 Å². The van der Waals surface area contributed by atoms with Gasteiger partial charge in [0.1, 0.15) is 0 Å². The summed E-state index contributed by atoms with van der Waals surface area (Å²) in [5.74, 6) is 0.203. The first-order valence-electron chi connectivity index (χ1n) is 9.64. The van der Waals surface area contributed by atoms with E-state index < -0.39 is 0 Å². The van der Waals surface area contributed by atoms with Crippen molar-refractivity contribution in [3.05, 3.63) is 57.8 Å². The van der Waals surface area contributed by atoms with Gasteiger partial charge in [-0.3, -0.25) is 9.59 Å². The largest absolute Gasteiger partial charge is 0.350 e. The van der Waals surface area contributed by atoms with Gasteiger partial charge in [0.15, 0.2) is 6.29 Å². The molecule has 2 saturated heterocycles. The molecular weight excluding hydrogens is 376 g/mol. The van der Waals surface area contributed by atoms with E-state index in [2.05, 4.69) is 5.32 Å². The topological polar surface area (TPSA) is 67.9 Å². The molecule has 28 heavy (non-hydrogen) atoms. The van der Waals surface area contributed by atoms with Crippen LogP contribution in [0.15, 0.2) is 41.8 Å². The lowest BCUT2D eigenvalue weighted by Gasteiger charge is -2.34. The molecule has 2 fully saturated rings. The number of hydrogen-bond donors (Lipinski definition) is 1. The van der Waals surface area contributed by atoms with E-state index in [1.807, 2.05) is 40.6 Å². The van der Waals surface area contributed by atoms with Crippen LogP contribution in [0.5, 0.6) is 0 Å². The van der Waals surface area contributed by atoms with Crippen LogP contribution in [0, 0.1) is 5.92 Å². The maximum absolute atomic E-state index is 12.9. The summed E-state index contributed by atoms with van der Waals surface area (Å²) in [6, 6.07) is 11.1. The van der Waals surface area contributed by atoms with E-state index in [1.165, 1.54) is 11.3 Å². The molecule has 1 unspecified atom stereocenters. The molecule has 2 amide bonds. The van der Waals surface area contributed by atoms with Crippen LogP contribution >= 0.6 is 11.3 Å². The van der Waals surface area contributed by atoms with Crippen molar-refractivity contribution < 1.29 is 19.1 Å². The molecule has 2 aliphatic rings. The first-order valence-corrected chi connectivity index (χ1v) is 10.5. The molecule has 1 N–H and O–H groups in total. The summed E-state index contributed by atoms with van der Waals surface area (Å²) in [5, 5.41) is 4.78. The maximum atomic E-state index is 12.9. The van der Waals surface area contributed by atoms with Crippen LogP contribution in [0.3, 0.4) is 0 Å². The van der Waals surface area contributed by atoms with Crippen molar-refractivity contribution in [2.75, 3.05) is 26.3 Å². The number of nitrogens with one attached hydrogen (secondary N) is 1. The van der Waals surface area contributed by atoms with Crippen molar-refractivity contribution in [1.82, 2.24) is 10.2 Å². The van der Waals surface area contributed by atoms with Gasteiger partial charge in [-0.2, -0.15) is 0 Å². The number of hydrogen-bond acceptors (Lipinski definition) is 5. The molecule has 7 heteroatoms. The summed E-state index contributed by atoms with van der Waals surface area (Å²) < 4.78 is 11.2. The predicted octanol–water partition coefficient (Wildman–Crippen LogP) is 2.90. The van der Waals surface area contributed by atoms with Gasteiger partial charge in [0.2, 0.25) is 0 Å². The SMILES string of the molecule is O=C(NCc1ccc(C(=O)N2CCCC(C3OCCO3)C2)cc1)c1cccs1. The zero-order chi connectivity index (χ0) is 19.3.